The molecule has 6 heterocycles. The molecule has 208 valence electrons. The minimum Gasteiger partial charge on any atom is -0.488 e. The highest BCUT2D eigenvalue weighted by atomic mass is 16.5. The first-order valence-electron chi connectivity index (χ1n) is 13.5. The first-order valence-corrected chi connectivity index (χ1v) is 13.5. The number of nitrogens with two attached hydrogens (primary N) is 1. The Kier molecular flexibility index (Phi) is 6.16. The lowest BCUT2D eigenvalue weighted by molar-refractivity contribution is 0.141. The molecule has 4 aromatic heterocycles. The number of fused-ring (bicyclic) bond motifs is 3. The number of hydrogen-bond donors (Lipinski definition) is 1. The zero-order chi connectivity index (χ0) is 27.2. The van der Waals surface area contributed by atoms with E-state index in [0.717, 1.165) is 51.5 Å². The molecule has 0 saturated carbocycles. The van der Waals surface area contributed by atoms with Crippen LogP contribution in [0.1, 0.15) is 6.42 Å². The summed E-state index contributed by atoms with van der Waals surface area (Å²) in [6.45, 7) is 6.25. The predicted octanol–water partition coefficient (Wildman–Crippen LogP) is 1.61. The zero-order valence-corrected chi connectivity index (χ0v) is 22.3. The van der Waals surface area contributed by atoms with Gasteiger partial charge < -0.3 is 24.5 Å². The third-order valence-electron chi connectivity index (χ3n) is 7.72. The van der Waals surface area contributed by atoms with Crippen LogP contribution in [0.4, 0.5) is 11.6 Å². The van der Waals surface area contributed by atoms with Crippen molar-refractivity contribution in [3.8, 4) is 17.3 Å². The quantitative estimate of drug-likeness (QED) is 0.321. The zero-order valence-electron chi connectivity index (χ0n) is 22.3. The van der Waals surface area contributed by atoms with Crippen LogP contribution in [0.15, 0.2) is 51.9 Å². The van der Waals surface area contributed by atoms with Crippen LogP contribution in [0.5, 0.6) is 5.75 Å². The largest absolute Gasteiger partial charge is 0.488 e. The Balaban J connectivity index is 1.03. The average Bonchev–Trinajstić information content (AvgIpc) is 3.78. The lowest BCUT2D eigenvalue weighted by atomic mass is 10.2. The van der Waals surface area contributed by atoms with E-state index in [2.05, 4.69) is 37.0 Å². The van der Waals surface area contributed by atoms with Gasteiger partial charge in [0.15, 0.2) is 17.1 Å². The van der Waals surface area contributed by atoms with Crippen molar-refractivity contribution >= 4 is 28.4 Å². The summed E-state index contributed by atoms with van der Waals surface area (Å²) in [5.41, 5.74) is 8.82. The maximum atomic E-state index is 13.2. The van der Waals surface area contributed by atoms with E-state index in [0.29, 0.717) is 41.5 Å². The molecule has 0 amide bonds. The molecule has 13 heteroatoms. The fourth-order valence-corrected chi connectivity index (χ4v) is 5.51. The lowest BCUT2D eigenvalue weighted by Crippen LogP contribution is -2.47. The Morgan fingerprint density at radius 2 is 1.88 bits per heavy atom. The Morgan fingerprint density at radius 3 is 2.60 bits per heavy atom. The van der Waals surface area contributed by atoms with Crippen LogP contribution < -0.4 is 21.1 Å². The van der Waals surface area contributed by atoms with Crippen LogP contribution in [0.25, 0.3) is 28.4 Å². The van der Waals surface area contributed by atoms with Crippen LogP contribution in [0.2, 0.25) is 0 Å². The maximum Gasteiger partial charge on any atom is 0.330 e. The third-order valence-corrected chi connectivity index (χ3v) is 7.72. The monoisotopic (exact) mass is 545 g/mol. The van der Waals surface area contributed by atoms with Gasteiger partial charge in [-0.25, -0.2) is 9.78 Å². The van der Waals surface area contributed by atoms with Gasteiger partial charge in [0, 0.05) is 58.4 Å². The van der Waals surface area contributed by atoms with E-state index >= 15 is 0 Å². The van der Waals surface area contributed by atoms with Crippen LogP contribution in [-0.2, 0) is 18.3 Å². The second-order valence-corrected chi connectivity index (χ2v) is 10.2. The van der Waals surface area contributed by atoms with Gasteiger partial charge >= 0.3 is 5.69 Å². The normalized spacial score (nSPS) is 18.3. The first-order chi connectivity index (χ1) is 19.5. The van der Waals surface area contributed by atoms with Crippen molar-refractivity contribution in [3.05, 3.63) is 53.1 Å². The summed E-state index contributed by atoms with van der Waals surface area (Å²) >= 11 is 0. The number of aryl methyl sites for hydroxylation is 1. The molecule has 2 N–H and O–H groups in total. The van der Waals surface area contributed by atoms with E-state index in [1.54, 1.807) is 34.6 Å². The van der Waals surface area contributed by atoms with Gasteiger partial charge in [-0.3, -0.25) is 14.0 Å². The number of hydrogen-bond acceptors (Lipinski definition) is 10. The van der Waals surface area contributed by atoms with Gasteiger partial charge in [-0.1, -0.05) is 0 Å². The van der Waals surface area contributed by atoms with Crippen LogP contribution in [-0.4, -0.2) is 85.7 Å². The number of rotatable bonds is 7. The van der Waals surface area contributed by atoms with Gasteiger partial charge in [0.05, 0.1) is 19.5 Å². The molecule has 1 unspecified atom stereocenters. The Labute approximate surface area is 229 Å². The molecule has 2 saturated heterocycles. The molecule has 2 fully saturated rings. The van der Waals surface area contributed by atoms with Gasteiger partial charge in [0.1, 0.15) is 17.4 Å². The number of benzene rings is 1. The number of furan rings is 1. The highest BCUT2D eigenvalue weighted by molar-refractivity contribution is 5.88. The van der Waals surface area contributed by atoms with Crippen LogP contribution in [0.3, 0.4) is 0 Å². The highest BCUT2D eigenvalue weighted by Crippen LogP contribution is 2.25. The second-order valence-electron chi connectivity index (χ2n) is 10.2. The molecule has 2 aliphatic heterocycles. The molecule has 1 atom stereocenters. The second kappa shape index (κ2) is 9.99. The standard InChI is InChI=1S/C27H31N9O4/c1-32-22-24(30-26(28)36-25(22)29-23(31-36)21-3-2-15-39-21)35(27(32)37)14-11-33-9-12-34(13-10-33)18-4-6-19(7-5-18)40-20-8-16-38-17-20/h2-7,15,20H,8-14,16-17H2,1H3,(H2,28,30). The first kappa shape index (κ1) is 24.7. The molecule has 1 aromatic carbocycles. The van der Waals surface area contributed by atoms with Crippen molar-refractivity contribution in [2.45, 2.75) is 19.1 Å². The van der Waals surface area contributed by atoms with Gasteiger partial charge in [-0.15, -0.1) is 5.10 Å². The van der Waals surface area contributed by atoms with Crippen molar-refractivity contribution in [1.29, 1.82) is 0 Å². The van der Waals surface area contributed by atoms with Crippen molar-refractivity contribution < 1.29 is 13.9 Å². The van der Waals surface area contributed by atoms with Gasteiger partial charge in [-0.05, 0) is 36.4 Å². The fourth-order valence-electron chi connectivity index (χ4n) is 5.51. The molecule has 2 aliphatic rings. The smallest absolute Gasteiger partial charge is 0.330 e. The number of imidazole rings is 1. The molecule has 0 spiro atoms. The van der Waals surface area contributed by atoms with Gasteiger partial charge in [-0.2, -0.15) is 9.50 Å². The molecule has 7 rings (SSSR count). The van der Waals surface area contributed by atoms with Crippen molar-refractivity contribution in [2.24, 2.45) is 7.05 Å². The number of anilines is 2. The number of nitrogen functional groups attached to an aromatic ring is 1. The van der Waals surface area contributed by atoms with Crippen LogP contribution >= 0.6 is 0 Å². The van der Waals surface area contributed by atoms with E-state index in [9.17, 15) is 4.79 Å². The van der Waals surface area contributed by atoms with E-state index in [1.807, 2.05) is 12.1 Å². The van der Waals surface area contributed by atoms with E-state index in [4.69, 9.17) is 19.6 Å². The molecule has 0 bridgehead atoms. The Hall–Kier alpha value is -4.36. The third kappa shape index (κ3) is 4.36. The number of nitrogens with zero attached hydrogens (tertiary/aromatic N) is 8. The molecule has 0 aliphatic carbocycles. The number of ether oxygens (including phenoxy) is 2. The summed E-state index contributed by atoms with van der Waals surface area (Å²) in [6, 6.07) is 11.9. The molecule has 0 radical (unpaired) electrons. The van der Waals surface area contributed by atoms with Crippen molar-refractivity contribution in [3.63, 3.8) is 0 Å². The SMILES string of the molecule is Cn1c(=O)n(CCN2CCN(c3ccc(OC4CCOC4)cc3)CC2)c2nc(N)n3nc(-c4ccco4)nc3c21. The van der Waals surface area contributed by atoms with Crippen LogP contribution in [0, 0.1) is 0 Å². The van der Waals surface area contributed by atoms with E-state index in [-0.39, 0.29) is 17.7 Å². The fraction of sp³-hybridized carbons (Fsp3) is 0.407. The molecular formula is C27H31N9O4. The van der Waals surface area contributed by atoms with Gasteiger partial charge in [0.2, 0.25) is 11.8 Å². The molecule has 13 nitrogen and oxygen atoms in total. The topological polar surface area (TPSA) is 134 Å². The summed E-state index contributed by atoms with van der Waals surface area (Å²) in [4.78, 5) is 27.2. The van der Waals surface area contributed by atoms with E-state index < -0.39 is 0 Å². The number of aromatic nitrogens is 6. The number of piperazine rings is 1. The summed E-state index contributed by atoms with van der Waals surface area (Å²) in [5, 5.41) is 4.44. The predicted molar refractivity (Wildman–Crippen MR) is 149 cm³/mol. The molecule has 40 heavy (non-hydrogen) atoms. The van der Waals surface area contributed by atoms with Crippen molar-refractivity contribution in [1.82, 2.24) is 33.6 Å². The summed E-state index contributed by atoms with van der Waals surface area (Å²) in [7, 11) is 1.72. The van der Waals surface area contributed by atoms with Gasteiger partial charge in [0.25, 0.3) is 0 Å². The lowest BCUT2D eigenvalue weighted by Gasteiger charge is -2.36. The minimum absolute atomic E-state index is 0.150. The van der Waals surface area contributed by atoms with Crippen molar-refractivity contribution in [2.75, 3.05) is 56.6 Å². The van der Waals surface area contributed by atoms with E-state index in [1.165, 1.54) is 10.2 Å². The average molecular weight is 546 g/mol. The minimum atomic E-state index is -0.164. The summed E-state index contributed by atoms with van der Waals surface area (Å²) < 4.78 is 21.5. The summed E-state index contributed by atoms with van der Waals surface area (Å²) in [6.07, 6.45) is 2.65. The summed E-state index contributed by atoms with van der Waals surface area (Å²) in [5.74, 6) is 1.94. The Bertz CT molecular complexity index is 1690. The highest BCUT2D eigenvalue weighted by Gasteiger charge is 2.23. The Morgan fingerprint density at radius 1 is 1.05 bits per heavy atom. The molecule has 5 aromatic rings. The maximum absolute atomic E-state index is 13.2. The molecular weight excluding hydrogens is 514 g/mol.